The average Bonchev–Trinajstić information content (AvgIpc) is 2.57. The number of nitrogens with one attached hydrogen (secondary N) is 1. The van der Waals surface area contributed by atoms with E-state index in [9.17, 15) is 9.59 Å². The Balaban J connectivity index is 1.88. The molecule has 0 unspecified atom stereocenters. The fraction of sp³-hybridized carbons (Fsp3) is 0.111. The Morgan fingerprint density at radius 2 is 2.00 bits per heavy atom. The minimum absolute atomic E-state index is 0.205. The van der Waals surface area contributed by atoms with Gasteiger partial charge in [0.2, 0.25) is 0 Å². The summed E-state index contributed by atoms with van der Waals surface area (Å²) in [4.78, 5) is 24.1. The van der Waals surface area contributed by atoms with Gasteiger partial charge in [-0.1, -0.05) is 6.07 Å². The normalized spacial score (nSPS) is 10.5. The minimum Gasteiger partial charge on any atom is -0.494 e. The predicted octanol–water partition coefficient (Wildman–Crippen LogP) is 3.24. The van der Waals surface area contributed by atoms with Crippen LogP contribution in [0, 0.1) is 6.26 Å². The molecule has 0 saturated carbocycles. The maximum Gasteiger partial charge on any atom is 0.255 e. The Kier molecular flexibility index (Phi) is 4.10. The monoisotopic (exact) mass is 308 g/mol. The van der Waals surface area contributed by atoms with E-state index in [-0.39, 0.29) is 11.3 Å². The number of carbonyl (C=O) groups is 1. The summed E-state index contributed by atoms with van der Waals surface area (Å²) in [5, 5.41) is 3.14. The van der Waals surface area contributed by atoms with Gasteiger partial charge in [0.1, 0.15) is 5.75 Å². The first-order chi connectivity index (χ1) is 11.2. The van der Waals surface area contributed by atoms with Gasteiger partial charge in [-0.3, -0.25) is 9.59 Å². The highest BCUT2D eigenvalue weighted by Gasteiger charge is 2.11. The van der Waals surface area contributed by atoms with Crippen molar-refractivity contribution >= 4 is 22.6 Å². The van der Waals surface area contributed by atoms with Crippen LogP contribution in [0.4, 0.5) is 5.69 Å². The molecule has 1 aromatic heterocycles. The zero-order valence-electron chi connectivity index (χ0n) is 12.5. The van der Waals surface area contributed by atoms with Crippen molar-refractivity contribution in [1.29, 1.82) is 0 Å². The molecule has 0 aliphatic carbocycles. The number of hydrogen-bond donors (Lipinski definition) is 1. The fourth-order valence-electron chi connectivity index (χ4n) is 2.22. The van der Waals surface area contributed by atoms with Crippen LogP contribution in [0.25, 0.3) is 11.0 Å². The molecule has 23 heavy (non-hydrogen) atoms. The van der Waals surface area contributed by atoms with Gasteiger partial charge in [-0.25, -0.2) is 0 Å². The Morgan fingerprint density at radius 1 is 1.22 bits per heavy atom. The average molecular weight is 308 g/mol. The fourth-order valence-corrected chi connectivity index (χ4v) is 2.22. The molecule has 0 atom stereocenters. The van der Waals surface area contributed by atoms with Crippen LogP contribution in [0.2, 0.25) is 0 Å². The van der Waals surface area contributed by atoms with Crippen LogP contribution in [-0.2, 0) is 0 Å². The molecule has 0 aliphatic rings. The van der Waals surface area contributed by atoms with Gasteiger partial charge in [0.25, 0.3) is 5.91 Å². The topological polar surface area (TPSA) is 68.5 Å². The molecule has 0 spiro atoms. The zero-order valence-corrected chi connectivity index (χ0v) is 12.5. The van der Waals surface area contributed by atoms with Crippen LogP contribution in [0.1, 0.15) is 17.3 Å². The summed E-state index contributed by atoms with van der Waals surface area (Å²) in [7, 11) is 0. The molecule has 0 aliphatic heterocycles. The van der Waals surface area contributed by atoms with E-state index in [2.05, 4.69) is 11.6 Å². The van der Waals surface area contributed by atoms with Crippen molar-refractivity contribution in [1.82, 2.24) is 0 Å². The summed E-state index contributed by atoms with van der Waals surface area (Å²) in [6.45, 7) is 2.46. The van der Waals surface area contributed by atoms with Crippen molar-refractivity contribution in [3.05, 3.63) is 70.6 Å². The van der Waals surface area contributed by atoms with Crippen LogP contribution >= 0.6 is 0 Å². The molecule has 0 fully saturated rings. The van der Waals surface area contributed by atoms with E-state index < -0.39 is 0 Å². The number of rotatable bonds is 4. The second-order valence-corrected chi connectivity index (χ2v) is 4.82. The summed E-state index contributed by atoms with van der Waals surface area (Å²) in [5.74, 6) is 0.404. The van der Waals surface area contributed by atoms with Gasteiger partial charge < -0.3 is 14.5 Å². The van der Waals surface area contributed by atoms with Crippen molar-refractivity contribution in [2.24, 2.45) is 0 Å². The van der Waals surface area contributed by atoms with E-state index in [0.29, 0.717) is 34.6 Å². The smallest absolute Gasteiger partial charge is 0.255 e. The Labute approximate surface area is 132 Å². The van der Waals surface area contributed by atoms with Crippen LogP contribution in [0.15, 0.2) is 57.7 Å². The molecule has 1 N–H and O–H groups in total. The van der Waals surface area contributed by atoms with Crippen molar-refractivity contribution in [2.75, 3.05) is 11.9 Å². The lowest BCUT2D eigenvalue weighted by Gasteiger charge is -2.08. The molecule has 115 valence electrons. The second-order valence-electron chi connectivity index (χ2n) is 4.82. The quantitative estimate of drug-likeness (QED) is 0.803. The highest BCUT2D eigenvalue weighted by Crippen LogP contribution is 2.21. The van der Waals surface area contributed by atoms with Gasteiger partial charge in [0.05, 0.1) is 17.7 Å². The number of para-hydroxylation sites is 1. The van der Waals surface area contributed by atoms with Crippen LogP contribution in [-0.4, -0.2) is 12.5 Å². The van der Waals surface area contributed by atoms with Gasteiger partial charge in [0.15, 0.2) is 17.3 Å². The van der Waals surface area contributed by atoms with E-state index in [1.54, 1.807) is 42.5 Å². The lowest BCUT2D eigenvalue weighted by molar-refractivity contribution is 0.102. The van der Waals surface area contributed by atoms with Crippen molar-refractivity contribution < 1.29 is 13.9 Å². The first-order valence-corrected chi connectivity index (χ1v) is 7.16. The number of hydrogen-bond acceptors (Lipinski definition) is 4. The lowest BCUT2D eigenvalue weighted by Crippen LogP contribution is -2.12. The largest absolute Gasteiger partial charge is 0.494 e. The van der Waals surface area contributed by atoms with Crippen LogP contribution < -0.4 is 15.5 Å². The number of carbonyl (C=O) groups excluding carboxylic acids is 1. The molecule has 0 saturated heterocycles. The molecule has 1 amide bonds. The number of anilines is 1. The first-order valence-electron chi connectivity index (χ1n) is 7.16. The molecular weight excluding hydrogens is 294 g/mol. The highest BCUT2D eigenvalue weighted by molar-refractivity contribution is 6.07. The van der Waals surface area contributed by atoms with E-state index in [4.69, 9.17) is 9.15 Å². The molecule has 1 heterocycles. The van der Waals surface area contributed by atoms with Crippen LogP contribution in [0.5, 0.6) is 5.75 Å². The van der Waals surface area contributed by atoms with E-state index in [1.165, 1.54) is 6.07 Å². The molecule has 2 aromatic carbocycles. The molecule has 0 bridgehead atoms. The van der Waals surface area contributed by atoms with Crippen molar-refractivity contribution in [3.63, 3.8) is 0 Å². The molecule has 1 radical (unpaired) electrons. The Morgan fingerprint density at radius 3 is 2.74 bits per heavy atom. The minimum atomic E-state index is -0.299. The lowest BCUT2D eigenvalue weighted by atomic mass is 10.1. The summed E-state index contributed by atoms with van der Waals surface area (Å²) < 4.78 is 10.6. The highest BCUT2D eigenvalue weighted by atomic mass is 16.5. The summed E-state index contributed by atoms with van der Waals surface area (Å²) in [6, 6.07) is 13.0. The van der Waals surface area contributed by atoms with Gasteiger partial charge in [-0.15, -0.1) is 0 Å². The standard InChI is InChI=1S/C18H14NO4/c1-2-22-13-8-6-12(7-9-13)18(21)19-15-5-3-4-14-16(20)10-11-23-17(14)15/h3-10H,2H2,1H3,(H,19,21). The van der Waals surface area contributed by atoms with E-state index in [0.717, 1.165) is 0 Å². The predicted molar refractivity (Wildman–Crippen MR) is 86.9 cm³/mol. The number of benzene rings is 2. The zero-order chi connectivity index (χ0) is 16.2. The molecule has 5 nitrogen and oxygen atoms in total. The first kappa shape index (κ1) is 14.8. The maximum atomic E-state index is 12.3. The molecule has 3 aromatic rings. The van der Waals surface area contributed by atoms with Crippen LogP contribution in [0.3, 0.4) is 0 Å². The Bertz CT molecular complexity index is 897. The molecular formula is C18H14NO4. The summed E-state index contributed by atoms with van der Waals surface area (Å²) >= 11 is 0. The number of amides is 1. The van der Waals surface area contributed by atoms with Gasteiger partial charge in [-0.05, 0) is 43.3 Å². The SMILES string of the molecule is CCOc1ccc(C(=O)Nc2cccc3c(=O)c[c]oc23)cc1. The molecule has 3 rings (SSSR count). The van der Waals surface area contributed by atoms with Crippen molar-refractivity contribution in [3.8, 4) is 5.75 Å². The van der Waals surface area contributed by atoms with Gasteiger partial charge in [-0.2, -0.15) is 0 Å². The third-order valence-electron chi connectivity index (χ3n) is 3.31. The number of fused-ring (bicyclic) bond motifs is 1. The number of ether oxygens (including phenoxy) is 1. The van der Waals surface area contributed by atoms with E-state index >= 15 is 0 Å². The maximum absolute atomic E-state index is 12.3. The van der Waals surface area contributed by atoms with Gasteiger partial charge >= 0.3 is 0 Å². The van der Waals surface area contributed by atoms with Gasteiger partial charge in [0, 0.05) is 11.6 Å². The third kappa shape index (κ3) is 3.08. The Hall–Kier alpha value is -3.08. The van der Waals surface area contributed by atoms with Crippen molar-refractivity contribution in [2.45, 2.75) is 6.92 Å². The van der Waals surface area contributed by atoms with E-state index in [1.807, 2.05) is 6.92 Å². The third-order valence-corrected chi connectivity index (χ3v) is 3.31. The molecule has 5 heteroatoms. The summed E-state index contributed by atoms with van der Waals surface area (Å²) in [5.41, 5.74) is 1.01. The summed E-state index contributed by atoms with van der Waals surface area (Å²) in [6.07, 6.45) is 2.42. The second kappa shape index (κ2) is 6.36.